The minimum Gasteiger partial charge on any atom is -0.496 e. The standard InChI is InChI=1S/C12H14N2O2/c1-16-11-4-2-3-9-10(11)7-8(5-6-13)14-12(9)15/h2-4,7H,5-6,13H2,1H3,(H,14,15). The van der Waals surface area contributed by atoms with E-state index < -0.39 is 0 Å². The maximum atomic E-state index is 11.8. The van der Waals surface area contributed by atoms with E-state index >= 15 is 0 Å². The van der Waals surface area contributed by atoms with E-state index in [1.807, 2.05) is 12.1 Å². The third kappa shape index (κ3) is 1.79. The van der Waals surface area contributed by atoms with Gasteiger partial charge in [0.1, 0.15) is 5.75 Å². The van der Waals surface area contributed by atoms with Crippen LogP contribution in [0.5, 0.6) is 5.75 Å². The zero-order valence-corrected chi connectivity index (χ0v) is 9.12. The average Bonchev–Trinajstić information content (AvgIpc) is 2.29. The molecule has 0 fully saturated rings. The van der Waals surface area contributed by atoms with Crippen molar-refractivity contribution >= 4 is 10.8 Å². The molecule has 0 spiro atoms. The third-order valence-corrected chi connectivity index (χ3v) is 2.54. The van der Waals surface area contributed by atoms with Crippen molar-refractivity contribution in [3.63, 3.8) is 0 Å². The Labute approximate surface area is 93.0 Å². The summed E-state index contributed by atoms with van der Waals surface area (Å²) >= 11 is 0. The van der Waals surface area contributed by atoms with Crippen molar-refractivity contribution < 1.29 is 4.74 Å². The number of aromatic amines is 1. The zero-order valence-electron chi connectivity index (χ0n) is 9.12. The lowest BCUT2D eigenvalue weighted by atomic mass is 10.1. The third-order valence-electron chi connectivity index (χ3n) is 2.54. The van der Waals surface area contributed by atoms with Crippen molar-refractivity contribution in [1.82, 2.24) is 4.98 Å². The van der Waals surface area contributed by atoms with Crippen LogP contribution >= 0.6 is 0 Å². The van der Waals surface area contributed by atoms with Gasteiger partial charge in [-0.1, -0.05) is 6.07 Å². The summed E-state index contributed by atoms with van der Waals surface area (Å²) in [5, 5.41) is 1.47. The summed E-state index contributed by atoms with van der Waals surface area (Å²) in [4.78, 5) is 14.6. The lowest BCUT2D eigenvalue weighted by Crippen LogP contribution is -2.12. The summed E-state index contributed by atoms with van der Waals surface area (Å²) in [6.07, 6.45) is 0.656. The Morgan fingerprint density at radius 1 is 1.38 bits per heavy atom. The first kappa shape index (κ1) is 10.7. The van der Waals surface area contributed by atoms with Gasteiger partial charge in [0, 0.05) is 11.1 Å². The van der Waals surface area contributed by atoms with Gasteiger partial charge in [-0.2, -0.15) is 0 Å². The first-order valence-corrected chi connectivity index (χ1v) is 5.15. The molecule has 0 saturated carbocycles. The highest BCUT2D eigenvalue weighted by molar-refractivity contribution is 5.87. The Hall–Kier alpha value is -1.81. The second kappa shape index (κ2) is 4.37. The predicted octanol–water partition coefficient (Wildman–Crippen LogP) is 1.04. The van der Waals surface area contributed by atoms with Crippen LogP contribution in [-0.4, -0.2) is 18.6 Å². The van der Waals surface area contributed by atoms with E-state index in [4.69, 9.17) is 10.5 Å². The van der Waals surface area contributed by atoms with E-state index in [-0.39, 0.29) is 5.56 Å². The number of benzene rings is 1. The van der Waals surface area contributed by atoms with Crippen molar-refractivity contribution in [1.29, 1.82) is 0 Å². The number of hydrogen-bond donors (Lipinski definition) is 2. The minimum absolute atomic E-state index is 0.0974. The fraction of sp³-hybridized carbons (Fsp3) is 0.250. The topological polar surface area (TPSA) is 68.1 Å². The Morgan fingerprint density at radius 3 is 2.88 bits per heavy atom. The van der Waals surface area contributed by atoms with Gasteiger partial charge < -0.3 is 15.5 Å². The molecular formula is C12H14N2O2. The largest absolute Gasteiger partial charge is 0.496 e. The first-order valence-electron chi connectivity index (χ1n) is 5.15. The Bertz CT molecular complexity index is 560. The van der Waals surface area contributed by atoms with E-state index in [1.165, 1.54) is 0 Å². The lowest BCUT2D eigenvalue weighted by molar-refractivity contribution is 0.419. The van der Waals surface area contributed by atoms with Crippen LogP contribution in [0.3, 0.4) is 0 Å². The maximum Gasteiger partial charge on any atom is 0.256 e. The summed E-state index contributed by atoms with van der Waals surface area (Å²) in [6.45, 7) is 0.511. The molecule has 0 unspecified atom stereocenters. The van der Waals surface area contributed by atoms with Gasteiger partial charge in [-0.15, -0.1) is 0 Å². The molecule has 1 heterocycles. The van der Waals surface area contributed by atoms with E-state index in [0.717, 1.165) is 11.1 Å². The number of aromatic nitrogens is 1. The summed E-state index contributed by atoms with van der Waals surface area (Å²) in [5.41, 5.74) is 6.21. The highest BCUT2D eigenvalue weighted by atomic mass is 16.5. The van der Waals surface area contributed by atoms with Crippen molar-refractivity contribution in [2.75, 3.05) is 13.7 Å². The van der Waals surface area contributed by atoms with E-state index in [2.05, 4.69) is 4.98 Å². The van der Waals surface area contributed by atoms with Gasteiger partial charge in [0.2, 0.25) is 0 Å². The predicted molar refractivity (Wildman–Crippen MR) is 63.9 cm³/mol. The van der Waals surface area contributed by atoms with Gasteiger partial charge in [0.05, 0.1) is 12.5 Å². The molecule has 1 aromatic carbocycles. The highest BCUT2D eigenvalue weighted by Crippen LogP contribution is 2.23. The number of nitrogens with two attached hydrogens (primary N) is 1. The van der Waals surface area contributed by atoms with E-state index in [9.17, 15) is 4.79 Å². The van der Waals surface area contributed by atoms with Crippen LogP contribution in [-0.2, 0) is 6.42 Å². The molecule has 2 rings (SSSR count). The average molecular weight is 218 g/mol. The fourth-order valence-corrected chi connectivity index (χ4v) is 1.78. The lowest BCUT2D eigenvalue weighted by Gasteiger charge is -2.06. The van der Waals surface area contributed by atoms with Crippen LogP contribution in [0, 0.1) is 0 Å². The Morgan fingerprint density at radius 2 is 2.19 bits per heavy atom. The summed E-state index contributed by atoms with van der Waals surface area (Å²) in [5.74, 6) is 0.710. The van der Waals surface area contributed by atoms with Gasteiger partial charge in [-0.25, -0.2) is 0 Å². The van der Waals surface area contributed by atoms with E-state index in [1.54, 1.807) is 19.2 Å². The molecule has 0 radical (unpaired) electrons. The first-order chi connectivity index (χ1) is 7.76. The molecule has 16 heavy (non-hydrogen) atoms. The quantitative estimate of drug-likeness (QED) is 0.808. The summed E-state index contributed by atoms with van der Waals surface area (Å²) in [7, 11) is 1.60. The number of hydrogen-bond acceptors (Lipinski definition) is 3. The van der Waals surface area contributed by atoms with Crippen LogP contribution in [0.1, 0.15) is 5.69 Å². The number of H-pyrrole nitrogens is 1. The van der Waals surface area contributed by atoms with Crippen LogP contribution in [0.25, 0.3) is 10.8 Å². The molecule has 2 aromatic rings. The molecule has 4 heteroatoms. The van der Waals surface area contributed by atoms with Crippen molar-refractivity contribution in [3.8, 4) is 5.75 Å². The summed E-state index contributed by atoms with van der Waals surface area (Å²) < 4.78 is 5.23. The molecule has 0 aliphatic heterocycles. The number of fused-ring (bicyclic) bond motifs is 1. The minimum atomic E-state index is -0.0974. The zero-order chi connectivity index (χ0) is 11.5. The van der Waals surface area contributed by atoms with E-state index in [0.29, 0.717) is 24.1 Å². The molecule has 0 saturated heterocycles. The molecule has 1 aromatic heterocycles. The molecule has 0 bridgehead atoms. The number of pyridine rings is 1. The van der Waals surface area contributed by atoms with Gasteiger partial charge in [0.15, 0.2) is 0 Å². The molecule has 0 amide bonds. The van der Waals surface area contributed by atoms with Crippen LogP contribution < -0.4 is 16.0 Å². The van der Waals surface area contributed by atoms with Crippen molar-refractivity contribution in [3.05, 3.63) is 40.3 Å². The second-order valence-electron chi connectivity index (χ2n) is 3.58. The number of rotatable bonds is 3. The Balaban J connectivity index is 2.72. The van der Waals surface area contributed by atoms with Crippen molar-refractivity contribution in [2.24, 2.45) is 5.73 Å². The van der Waals surface area contributed by atoms with Gasteiger partial charge in [-0.3, -0.25) is 4.79 Å². The van der Waals surface area contributed by atoms with Gasteiger partial charge in [-0.05, 0) is 31.2 Å². The van der Waals surface area contributed by atoms with Crippen LogP contribution in [0.15, 0.2) is 29.1 Å². The summed E-state index contributed by atoms with van der Waals surface area (Å²) in [6, 6.07) is 7.35. The van der Waals surface area contributed by atoms with Gasteiger partial charge in [0.25, 0.3) is 5.56 Å². The SMILES string of the molecule is COc1cccc2c(=O)[nH]c(CCN)cc12. The normalized spacial score (nSPS) is 10.6. The molecule has 0 aliphatic carbocycles. The monoisotopic (exact) mass is 218 g/mol. The number of ether oxygens (including phenoxy) is 1. The molecule has 4 nitrogen and oxygen atoms in total. The highest BCUT2D eigenvalue weighted by Gasteiger charge is 2.05. The van der Waals surface area contributed by atoms with Gasteiger partial charge >= 0.3 is 0 Å². The molecular weight excluding hydrogens is 204 g/mol. The van der Waals surface area contributed by atoms with Crippen LogP contribution in [0.2, 0.25) is 0 Å². The molecule has 0 aliphatic rings. The maximum absolute atomic E-state index is 11.8. The number of nitrogens with one attached hydrogen (secondary N) is 1. The fourth-order valence-electron chi connectivity index (χ4n) is 1.78. The van der Waals surface area contributed by atoms with Crippen LogP contribution in [0.4, 0.5) is 0 Å². The molecule has 84 valence electrons. The van der Waals surface area contributed by atoms with Crippen molar-refractivity contribution in [2.45, 2.75) is 6.42 Å². The molecule has 3 N–H and O–H groups in total. The molecule has 0 atom stereocenters. The smallest absolute Gasteiger partial charge is 0.256 e. The second-order valence-corrected chi connectivity index (χ2v) is 3.58. The number of methoxy groups -OCH3 is 1. The Kier molecular flexibility index (Phi) is 2.92.